The van der Waals surface area contributed by atoms with Gasteiger partial charge in [0.2, 0.25) is 0 Å². The Labute approximate surface area is 162 Å². The fraction of sp³-hybridized carbons (Fsp3) is 0.952. The summed E-state index contributed by atoms with van der Waals surface area (Å²) in [6, 6.07) is 0. The molecule has 2 aliphatic rings. The van der Waals surface area contributed by atoms with E-state index in [0.717, 1.165) is 38.5 Å². The predicted octanol–water partition coefficient (Wildman–Crippen LogP) is 1.81. The summed E-state index contributed by atoms with van der Waals surface area (Å²) < 4.78 is 5.70. The molecular formula is C21H38O6. The molecule has 0 spiro atoms. The van der Waals surface area contributed by atoms with E-state index in [-0.39, 0.29) is 5.78 Å². The quantitative estimate of drug-likeness (QED) is 0.450. The number of rotatable bonds is 9. The summed E-state index contributed by atoms with van der Waals surface area (Å²) in [5, 5.41) is 39.9. The minimum atomic E-state index is -1.41. The SMILES string of the molecule is CCCCC[C@@H]1CC(=O)[C@H](C2OC(CO)C(O)C(O)C2O)C[C@@H]1CCCC. The van der Waals surface area contributed by atoms with Gasteiger partial charge in [0.15, 0.2) is 0 Å². The third-order valence-corrected chi connectivity index (χ3v) is 6.53. The summed E-state index contributed by atoms with van der Waals surface area (Å²) in [6.45, 7) is 3.88. The average Bonchev–Trinajstić information content (AvgIpc) is 2.66. The van der Waals surface area contributed by atoms with Crippen molar-refractivity contribution in [3.05, 3.63) is 0 Å². The molecule has 0 radical (unpaired) electrons. The third kappa shape index (κ3) is 5.51. The van der Waals surface area contributed by atoms with Gasteiger partial charge in [-0.2, -0.15) is 0 Å². The van der Waals surface area contributed by atoms with Gasteiger partial charge in [-0.1, -0.05) is 52.4 Å². The van der Waals surface area contributed by atoms with Gasteiger partial charge in [-0.3, -0.25) is 4.79 Å². The van der Waals surface area contributed by atoms with Crippen molar-refractivity contribution in [3.8, 4) is 0 Å². The molecule has 4 N–H and O–H groups in total. The smallest absolute Gasteiger partial charge is 0.138 e. The summed E-state index contributed by atoms with van der Waals surface area (Å²) in [5.41, 5.74) is 0. The van der Waals surface area contributed by atoms with E-state index < -0.39 is 43.0 Å². The van der Waals surface area contributed by atoms with E-state index in [0.29, 0.717) is 24.7 Å². The molecule has 158 valence electrons. The van der Waals surface area contributed by atoms with Crippen LogP contribution in [0.4, 0.5) is 0 Å². The maximum Gasteiger partial charge on any atom is 0.138 e. The molecule has 1 aliphatic carbocycles. The van der Waals surface area contributed by atoms with Crippen molar-refractivity contribution in [1.29, 1.82) is 0 Å². The molecule has 1 saturated heterocycles. The van der Waals surface area contributed by atoms with Crippen molar-refractivity contribution in [1.82, 2.24) is 0 Å². The molecule has 6 nitrogen and oxygen atoms in total. The summed E-state index contributed by atoms with van der Waals surface area (Å²) in [7, 11) is 0. The topological polar surface area (TPSA) is 107 Å². The number of ether oxygens (including phenoxy) is 1. The standard InChI is InChI=1S/C21H38O6/c1-3-5-7-9-14-11-16(23)15(10-13(14)8-6-4-2)21-20(26)19(25)18(24)17(12-22)27-21/h13-15,17-22,24-26H,3-12H2,1-2H3/t13-,14+,15+,17?,18?,19?,20?,21?/m0/s1. The lowest BCUT2D eigenvalue weighted by Crippen LogP contribution is -2.61. The predicted molar refractivity (Wildman–Crippen MR) is 102 cm³/mol. The number of ketones is 1. The highest BCUT2D eigenvalue weighted by atomic mass is 16.5. The molecule has 27 heavy (non-hydrogen) atoms. The fourth-order valence-electron chi connectivity index (χ4n) is 4.82. The van der Waals surface area contributed by atoms with Crippen LogP contribution in [0.25, 0.3) is 0 Å². The van der Waals surface area contributed by atoms with Crippen molar-refractivity contribution < 1.29 is 30.0 Å². The van der Waals surface area contributed by atoms with Crippen LogP contribution < -0.4 is 0 Å². The van der Waals surface area contributed by atoms with Gasteiger partial charge in [0, 0.05) is 12.3 Å². The lowest BCUT2D eigenvalue weighted by atomic mass is 9.67. The van der Waals surface area contributed by atoms with Crippen molar-refractivity contribution in [2.45, 2.75) is 102 Å². The molecule has 1 heterocycles. The number of carbonyl (C=O) groups excluding carboxylic acids is 1. The monoisotopic (exact) mass is 386 g/mol. The van der Waals surface area contributed by atoms with Crippen molar-refractivity contribution in [2.24, 2.45) is 17.8 Å². The number of aliphatic hydroxyl groups excluding tert-OH is 4. The minimum Gasteiger partial charge on any atom is -0.394 e. The average molecular weight is 387 g/mol. The summed E-state index contributed by atoms with van der Waals surface area (Å²) in [6.07, 6.45) is 3.06. The third-order valence-electron chi connectivity index (χ3n) is 6.53. The lowest BCUT2D eigenvalue weighted by Gasteiger charge is -2.46. The molecule has 1 aliphatic heterocycles. The number of aliphatic hydroxyl groups is 4. The van der Waals surface area contributed by atoms with Crippen molar-refractivity contribution in [3.63, 3.8) is 0 Å². The van der Waals surface area contributed by atoms with Gasteiger partial charge in [0.05, 0.1) is 12.7 Å². The molecule has 8 atom stereocenters. The van der Waals surface area contributed by atoms with Crippen LogP contribution in [0.1, 0.15) is 71.6 Å². The fourth-order valence-corrected chi connectivity index (χ4v) is 4.82. The molecule has 1 saturated carbocycles. The van der Waals surface area contributed by atoms with Crippen LogP contribution in [-0.2, 0) is 9.53 Å². The van der Waals surface area contributed by atoms with E-state index >= 15 is 0 Å². The normalized spacial score (nSPS) is 40.3. The second-order valence-corrected chi connectivity index (χ2v) is 8.46. The van der Waals surface area contributed by atoms with Gasteiger partial charge >= 0.3 is 0 Å². The molecule has 0 amide bonds. The lowest BCUT2D eigenvalue weighted by molar-refractivity contribution is -0.242. The summed E-state index contributed by atoms with van der Waals surface area (Å²) in [5.74, 6) is 0.391. The van der Waals surface area contributed by atoms with Gasteiger partial charge < -0.3 is 25.2 Å². The van der Waals surface area contributed by atoms with Gasteiger partial charge in [0.25, 0.3) is 0 Å². The Balaban J connectivity index is 2.10. The molecule has 0 aromatic rings. The van der Waals surface area contributed by atoms with Gasteiger partial charge in [-0.05, 0) is 24.7 Å². The first-order valence-electron chi connectivity index (χ1n) is 10.8. The van der Waals surface area contributed by atoms with Crippen LogP contribution in [0.15, 0.2) is 0 Å². The number of hydrogen-bond donors (Lipinski definition) is 4. The Morgan fingerprint density at radius 1 is 0.926 bits per heavy atom. The van der Waals surface area contributed by atoms with Crippen LogP contribution in [0.5, 0.6) is 0 Å². The number of carbonyl (C=O) groups is 1. The Morgan fingerprint density at radius 2 is 1.59 bits per heavy atom. The maximum absolute atomic E-state index is 12.9. The molecular weight excluding hydrogens is 348 g/mol. The highest BCUT2D eigenvalue weighted by Crippen LogP contribution is 2.41. The number of unbranched alkanes of at least 4 members (excludes halogenated alkanes) is 3. The van der Waals surface area contributed by atoms with Crippen LogP contribution in [0, 0.1) is 17.8 Å². The van der Waals surface area contributed by atoms with E-state index in [1.54, 1.807) is 0 Å². The first-order valence-corrected chi connectivity index (χ1v) is 10.8. The Kier molecular flexibility index (Phi) is 9.16. The van der Waals surface area contributed by atoms with Gasteiger partial charge in [-0.25, -0.2) is 0 Å². The van der Waals surface area contributed by atoms with Gasteiger partial charge in [0.1, 0.15) is 30.2 Å². The largest absolute Gasteiger partial charge is 0.394 e. The molecule has 6 heteroatoms. The highest BCUT2D eigenvalue weighted by Gasteiger charge is 2.50. The van der Waals surface area contributed by atoms with E-state index in [1.165, 1.54) is 6.42 Å². The molecule has 2 rings (SSSR count). The molecule has 2 fully saturated rings. The first kappa shape index (κ1) is 22.8. The van der Waals surface area contributed by atoms with E-state index in [9.17, 15) is 25.2 Å². The maximum atomic E-state index is 12.9. The van der Waals surface area contributed by atoms with Crippen molar-refractivity contribution >= 4 is 5.78 Å². The second-order valence-electron chi connectivity index (χ2n) is 8.46. The Hall–Kier alpha value is -0.530. The molecule has 0 bridgehead atoms. The zero-order valence-corrected chi connectivity index (χ0v) is 16.8. The molecule has 5 unspecified atom stereocenters. The summed E-state index contributed by atoms with van der Waals surface area (Å²) >= 11 is 0. The van der Waals surface area contributed by atoms with Gasteiger partial charge in [-0.15, -0.1) is 0 Å². The second kappa shape index (κ2) is 10.9. The molecule has 0 aromatic heterocycles. The number of Topliss-reactive ketones (excluding diaryl/α,β-unsaturated/α-hetero) is 1. The highest BCUT2D eigenvalue weighted by molar-refractivity contribution is 5.82. The van der Waals surface area contributed by atoms with Crippen molar-refractivity contribution in [2.75, 3.05) is 6.61 Å². The Bertz CT molecular complexity index is 454. The summed E-state index contributed by atoms with van der Waals surface area (Å²) in [4.78, 5) is 12.9. The zero-order chi connectivity index (χ0) is 20.0. The molecule has 0 aromatic carbocycles. The Morgan fingerprint density at radius 3 is 2.22 bits per heavy atom. The van der Waals surface area contributed by atoms with Crippen LogP contribution in [0.3, 0.4) is 0 Å². The minimum absolute atomic E-state index is 0.0774. The van der Waals surface area contributed by atoms with E-state index in [1.807, 2.05) is 0 Å². The zero-order valence-electron chi connectivity index (χ0n) is 16.8. The number of hydrogen-bond acceptors (Lipinski definition) is 6. The van der Waals surface area contributed by atoms with E-state index in [4.69, 9.17) is 4.74 Å². The van der Waals surface area contributed by atoms with Crippen LogP contribution >= 0.6 is 0 Å². The van der Waals surface area contributed by atoms with Crippen LogP contribution in [-0.4, -0.2) is 63.3 Å². The first-order chi connectivity index (χ1) is 12.9. The van der Waals surface area contributed by atoms with Crippen LogP contribution in [0.2, 0.25) is 0 Å². The van der Waals surface area contributed by atoms with E-state index in [2.05, 4.69) is 13.8 Å².